The fraction of sp³-hybridized carbons (Fsp3) is 0.158. The molecule has 0 saturated carbocycles. The van der Waals surface area contributed by atoms with Crippen LogP contribution < -0.4 is 5.32 Å². The van der Waals surface area contributed by atoms with Gasteiger partial charge in [0, 0.05) is 17.3 Å². The Kier molecular flexibility index (Phi) is 3.98. The van der Waals surface area contributed by atoms with Gasteiger partial charge in [0.25, 0.3) is 0 Å². The lowest BCUT2D eigenvalue weighted by molar-refractivity contribution is 0.0697. The zero-order valence-corrected chi connectivity index (χ0v) is 13.1. The fourth-order valence-electron chi connectivity index (χ4n) is 2.53. The summed E-state index contributed by atoms with van der Waals surface area (Å²) >= 11 is 0. The fourth-order valence-corrected chi connectivity index (χ4v) is 2.53. The van der Waals surface area contributed by atoms with Crippen molar-refractivity contribution in [3.05, 3.63) is 65.9 Å². The van der Waals surface area contributed by atoms with E-state index in [1.165, 1.54) is 6.20 Å². The molecule has 2 N–H and O–H groups in total. The van der Waals surface area contributed by atoms with Crippen LogP contribution in [0.1, 0.15) is 35.7 Å². The number of benzene rings is 2. The van der Waals surface area contributed by atoms with Gasteiger partial charge in [0.2, 0.25) is 0 Å². The molecule has 23 heavy (non-hydrogen) atoms. The first-order chi connectivity index (χ1) is 11.1. The van der Waals surface area contributed by atoms with Gasteiger partial charge in [-0.15, -0.1) is 0 Å². The van der Waals surface area contributed by atoms with Crippen molar-refractivity contribution in [1.82, 2.24) is 4.98 Å². The van der Waals surface area contributed by atoms with E-state index in [0.717, 1.165) is 22.2 Å². The Labute approximate surface area is 134 Å². The number of carboxylic acids is 1. The van der Waals surface area contributed by atoms with Crippen molar-refractivity contribution in [3.8, 4) is 0 Å². The van der Waals surface area contributed by atoms with Gasteiger partial charge in [0.1, 0.15) is 5.56 Å². The summed E-state index contributed by atoms with van der Waals surface area (Å²) < 4.78 is 0. The number of carboxylic acid groups (broad SMARTS) is 1. The molecule has 0 radical (unpaired) electrons. The molecule has 0 aliphatic carbocycles. The van der Waals surface area contributed by atoms with Crippen molar-refractivity contribution >= 4 is 28.2 Å². The van der Waals surface area contributed by atoms with Crippen LogP contribution in [0.4, 0.5) is 11.4 Å². The number of hydrogen-bond donors (Lipinski definition) is 2. The molecule has 1 aromatic heterocycles. The SMILES string of the molecule is CC(C)c1ccc2ncc(C(=O)O)c(Nc3ccccc3)c2c1. The van der Waals surface area contributed by atoms with Gasteiger partial charge in [0.05, 0.1) is 11.2 Å². The Morgan fingerprint density at radius 3 is 2.52 bits per heavy atom. The van der Waals surface area contributed by atoms with E-state index in [1.54, 1.807) is 0 Å². The molecule has 0 aliphatic heterocycles. The Balaban J connectivity index is 2.23. The maximum Gasteiger partial charge on any atom is 0.339 e. The van der Waals surface area contributed by atoms with Crippen LogP contribution in [0, 0.1) is 0 Å². The molecular formula is C19H18N2O2. The van der Waals surface area contributed by atoms with Gasteiger partial charge in [-0.05, 0) is 35.7 Å². The van der Waals surface area contributed by atoms with E-state index in [-0.39, 0.29) is 5.56 Å². The Bertz CT molecular complexity index is 858. The molecule has 0 fully saturated rings. The first kappa shape index (κ1) is 15.0. The zero-order chi connectivity index (χ0) is 16.4. The van der Waals surface area contributed by atoms with Crippen LogP contribution in [0.3, 0.4) is 0 Å². The number of nitrogens with one attached hydrogen (secondary N) is 1. The zero-order valence-electron chi connectivity index (χ0n) is 13.1. The highest BCUT2D eigenvalue weighted by atomic mass is 16.4. The highest BCUT2D eigenvalue weighted by Crippen LogP contribution is 2.31. The average molecular weight is 306 g/mol. The average Bonchev–Trinajstić information content (AvgIpc) is 2.55. The molecule has 3 aromatic rings. The maximum absolute atomic E-state index is 11.6. The molecule has 0 atom stereocenters. The molecule has 4 nitrogen and oxygen atoms in total. The summed E-state index contributed by atoms with van der Waals surface area (Å²) in [5.41, 5.74) is 3.52. The monoisotopic (exact) mass is 306 g/mol. The van der Waals surface area contributed by atoms with Crippen LogP contribution >= 0.6 is 0 Å². The van der Waals surface area contributed by atoms with E-state index in [0.29, 0.717) is 11.6 Å². The maximum atomic E-state index is 11.6. The van der Waals surface area contributed by atoms with Gasteiger partial charge in [-0.25, -0.2) is 4.79 Å². The minimum Gasteiger partial charge on any atom is -0.478 e. The van der Waals surface area contributed by atoms with Crippen molar-refractivity contribution in [2.45, 2.75) is 19.8 Å². The quantitative estimate of drug-likeness (QED) is 0.726. The first-order valence-electron chi connectivity index (χ1n) is 7.54. The number of anilines is 2. The summed E-state index contributed by atoms with van der Waals surface area (Å²) in [5, 5.41) is 13.6. The van der Waals surface area contributed by atoms with Crippen molar-refractivity contribution in [1.29, 1.82) is 0 Å². The third kappa shape index (κ3) is 3.01. The lowest BCUT2D eigenvalue weighted by Crippen LogP contribution is -2.05. The number of pyridine rings is 1. The normalized spacial score (nSPS) is 10.9. The molecule has 0 aliphatic rings. The van der Waals surface area contributed by atoms with E-state index in [2.05, 4.69) is 24.1 Å². The van der Waals surface area contributed by atoms with Gasteiger partial charge in [-0.1, -0.05) is 38.1 Å². The minimum atomic E-state index is -0.993. The molecule has 0 bridgehead atoms. The summed E-state index contributed by atoms with van der Waals surface area (Å²) in [6, 6.07) is 15.5. The summed E-state index contributed by atoms with van der Waals surface area (Å²) in [6.45, 7) is 4.22. The van der Waals surface area contributed by atoms with E-state index in [9.17, 15) is 9.90 Å². The lowest BCUT2D eigenvalue weighted by atomic mass is 9.99. The lowest BCUT2D eigenvalue weighted by Gasteiger charge is -2.14. The second-order valence-corrected chi connectivity index (χ2v) is 5.77. The Hall–Kier alpha value is -2.88. The topological polar surface area (TPSA) is 62.2 Å². The molecular weight excluding hydrogens is 288 g/mol. The number of aromatic carboxylic acids is 1. The standard InChI is InChI=1S/C19H18N2O2/c1-12(2)13-8-9-17-15(10-13)18(16(11-20-17)19(22)23)21-14-6-4-3-5-7-14/h3-12H,1-2H3,(H,20,21)(H,22,23). The number of para-hydroxylation sites is 1. The van der Waals surface area contributed by atoms with Gasteiger partial charge in [-0.3, -0.25) is 4.98 Å². The minimum absolute atomic E-state index is 0.169. The number of rotatable bonds is 4. The number of hydrogen-bond acceptors (Lipinski definition) is 3. The van der Waals surface area contributed by atoms with Crippen molar-refractivity contribution < 1.29 is 9.90 Å². The molecule has 1 heterocycles. The number of nitrogens with zero attached hydrogens (tertiary/aromatic N) is 1. The number of fused-ring (bicyclic) bond motifs is 1. The van der Waals surface area contributed by atoms with Gasteiger partial charge in [-0.2, -0.15) is 0 Å². The van der Waals surface area contributed by atoms with Crippen molar-refractivity contribution in [2.24, 2.45) is 0 Å². The third-order valence-electron chi connectivity index (χ3n) is 3.83. The first-order valence-corrected chi connectivity index (χ1v) is 7.54. The van der Waals surface area contributed by atoms with Crippen LogP contribution in [-0.4, -0.2) is 16.1 Å². The van der Waals surface area contributed by atoms with E-state index < -0.39 is 5.97 Å². The highest BCUT2D eigenvalue weighted by Gasteiger charge is 2.15. The third-order valence-corrected chi connectivity index (χ3v) is 3.83. The molecule has 0 unspecified atom stereocenters. The number of aromatic nitrogens is 1. The molecule has 4 heteroatoms. The predicted octanol–water partition coefficient (Wildman–Crippen LogP) is 4.80. The predicted molar refractivity (Wildman–Crippen MR) is 92.5 cm³/mol. The van der Waals surface area contributed by atoms with Crippen molar-refractivity contribution in [2.75, 3.05) is 5.32 Å². The van der Waals surface area contributed by atoms with Crippen LogP contribution in [0.5, 0.6) is 0 Å². The Morgan fingerprint density at radius 1 is 1.13 bits per heavy atom. The molecule has 2 aromatic carbocycles. The van der Waals surface area contributed by atoms with Gasteiger partial charge in [0.15, 0.2) is 0 Å². The van der Waals surface area contributed by atoms with E-state index in [1.807, 2.05) is 48.5 Å². The summed E-state index contributed by atoms with van der Waals surface area (Å²) in [5.74, 6) is -0.634. The van der Waals surface area contributed by atoms with Crippen LogP contribution in [0.15, 0.2) is 54.7 Å². The summed E-state index contributed by atoms with van der Waals surface area (Å²) in [6.07, 6.45) is 1.41. The molecule has 0 spiro atoms. The summed E-state index contributed by atoms with van der Waals surface area (Å²) in [4.78, 5) is 15.9. The van der Waals surface area contributed by atoms with Crippen LogP contribution in [0.25, 0.3) is 10.9 Å². The Morgan fingerprint density at radius 2 is 1.87 bits per heavy atom. The molecule has 0 amide bonds. The summed E-state index contributed by atoms with van der Waals surface area (Å²) in [7, 11) is 0. The van der Waals surface area contributed by atoms with E-state index in [4.69, 9.17) is 0 Å². The molecule has 0 saturated heterocycles. The van der Waals surface area contributed by atoms with Gasteiger partial charge >= 0.3 is 5.97 Å². The van der Waals surface area contributed by atoms with Crippen LogP contribution in [-0.2, 0) is 0 Å². The van der Waals surface area contributed by atoms with Gasteiger partial charge < -0.3 is 10.4 Å². The number of carbonyl (C=O) groups is 1. The highest BCUT2D eigenvalue weighted by molar-refractivity contribution is 6.05. The molecule has 116 valence electrons. The second-order valence-electron chi connectivity index (χ2n) is 5.77. The van der Waals surface area contributed by atoms with Crippen LogP contribution in [0.2, 0.25) is 0 Å². The largest absolute Gasteiger partial charge is 0.478 e. The molecule has 3 rings (SSSR count). The van der Waals surface area contributed by atoms with Crippen molar-refractivity contribution in [3.63, 3.8) is 0 Å². The van der Waals surface area contributed by atoms with E-state index >= 15 is 0 Å². The smallest absolute Gasteiger partial charge is 0.339 e. The second kappa shape index (κ2) is 6.08.